The molecule has 2 N–H and O–H groups in total. The molecule has 1 aliphatic heterocycles. The second kappa shape index (κ2) is 13.3. The van der Waals surface area contributed by atoms with Crippen molar-refractivity contribution < 1.29 is 13.9 Å². The summed E-state index contributed by atoms with van der Waals surface area (Å²) in [6.07, 6.45) is 11.4. The summed E-state index contributed by atoms with van der Waals surface area (Å²) < 4.78 is 23.7. The van der Waals surface area contributed by atoms with Gasteiger partial charge in [-0.1, -0.05) is 6.07 Å². The Balaban J connectivity index is 0.936. The van der Waals surface area contributed by atoms with Crippen LogP contribution in [0.1, 0.15) is 24.0 Å². The molecule has 0 bridgehead atoms. The van der Waals surface area contributed by atoms with Crippen LogP contribution in [0.4, 0.5) is 14.9 Å². The highest BCUT2D eigenvalue weighted by Gasteiger charge is 2.23. The molecular formula is C33H35FN8O2S. The van der Waals surface area contributed by atoms with Gasteiger partial charge in [0.2, 0.25) is 0 Å². The Morgan fingerprint density at radius 2 is 1.87 bits per heavy atom. The van der Waals surface area contributed by atoms with Crippen molar-refractivity contribution in [2.45, 2.75) is 38.6 Å². The molecule has 0 unspecified atom stereocenters. The normalized spacial score (nSPS) is 15.8. The maximum Gasteiger partial charge on any atom is 0.319 e. The van der Waals surface area contributed by atoms with Crippen molar-refractivity contribution in [1.29, 1.82) is 0 Å². The zero-order valence-corrected chi connectivity index (χ0v) is 25.7. The number of hydrogen-bond acceptors (Lipinski definition) is 8. The van der Waals surface area contributed by atoms with Crippen LogP contribution in [-0.4, -0.2) is 74.1 Å². The van der Waals surface area contributed by atoms with Crippen molar-refractivity contribution in [2.24, 2.45) is 0 Å². The van der Waals surface area contributed by atoms with E-state index in [4.69, 9.17) is 9.72 Å². The molecule has 0 radical (unpaired) electrons. The van der Waals surface area contributed by atoms with E-state index >= 15 is 0 Å². The Morgan fingerprint density at radius 3 is 2.62 bits per heavy atom. The van der Waals surface area contributed by atoms with Gasteiger partial charge in [0.25, 0.3) is 0 Å². The third kappa shape index (κ3) is 7.47. The highest BCUT2D eigenvalue weighted by molar-refractivity contribution is 7.22. The van der Waals surface area contributed by atoms with Crippen LogP contribution in [0.25, 0.3) is 20.8 Å². The van der Waals surface area contributed by atoms with Gasteiger partial charge in [-0.3, -0.25) is 19.8 Å². The molecule has 0 spiro atoms. The molecule has 10 nitrogen and oxygen atoms in total. The number of nitrogens with one attached hydrogen (secondary N) is 2. The first kappa shape index (κ1) is 29.3. The Hall–Kier alpha value is -4.39. The number of hydrogen-bond donors (Lipinski definition) is 2. The van der Waals surface area contributed by atoms with Gasteiger partial charge in [0, 0.05) is 94.0 Å². The summed E-state index contributed by atoms with van der Waals surface area (Å²) in [6, 6.07) is 12.5. The molecule has 12 heteroatoms. The Bertz CT molecular complexity index is 1750. The van der Waals surface area contributed by atoms with E-state index in [0.29, 0.717) is 5.69 Å². The van der Waals surface area contributed by atoms with E-state index in [9.17, 15) is 9.18 Å². The summed E-state index contributed by atoms with van der Waals surface area (Å²) in [4.78, 5) is 31.4. The minimum atomic E-state index is -0.534. The van der Waals surface area contributed by atoms with Crippen molar-refractivity contribution in [3.8, 4) is 16.3 Å². The van der Waals surface area contributed by atoms with E-state index in [-0.39, 0.29) is 24.4 Å². The summed E-state index contributed by atoms with van der Waals surface area (Å²) in [5.74, 6) is -0.411. The number of imidazole rings is 1. The number of nitrogens with zero attached hydrogens (tertiary/aromatic N) is 6. The van der Waals surface area contributed by atoms with E-state index < -0.39 is 5.82 Å². The molecule has 2 aliphatic rings. The number of urea groups is 1. The average molecular weight is 627 g/mol. The topological polar surface area (TPSA) is 100 Å². The first-order valence-corrected chi connectivity index (χ1v) is 16.1. The van der Waals surface area contributed by atoms with E-state index in [1.165, 1.54) is 17.7 Å². The minimum Gasteiger partial charge on any atom is -0.486 e. The van der Waals surface area contributed by atoms with Gasteiger partial charge in [0.05, 0.1) is 27.1 Å². The summed E-state index contributed by atoms with van der Waals surface area (Å²) in [5.41, 5.74) is 4.26. The van der Waals surface area contributed by atoms with E-state index in [1.807, 2.05) is 37.1 Å². The second-order valence-corrected chi connectivity index (χ2v) is 12.6. The smallest absolute Gasteiger partial charge is 0.319 e. The Morgan fingerprint density at radius 1 is 1.00 bits per heavy atom. The van der Waals surface area contributed by atoms with Crippen LogP contribution in [0.3, 0.4) is 0 Å². The fraction of sp³-hybridized carbons (Fsp3) is 0.333. The van der Waals surface area contributed by atoms with Crippen molar-refractivity contribution in [3.05, 3.63) is 90.5 Å². The van der Waals surface area contributed by atoms with E-state index in [1.54, 1.807) is 23.6 Å². The van der Waals surface area contributed by atoms with Gasteiger partial charge in [-0.2, -0.15) is 0 Å². The predicted octanol–water partition coefficient (Wildman–Crippen LogP) is 5.37. The van der Waals surface area contributed by atoms with Crippen molar-refractivity contribution in [1.82, 2.24) is 34.6 Å². The lowest BCUT2D eigenvalue weighted by Gasteiger charge is -2.34. The number of benzene rings is 1. The minimum absolute atomic E-state index is 0.123. The van der Waals surface area contributed by atoms with Crippen LogP contribution in [0, 0.1) is 5.82 Å². The fourth-order valence-electron chi connectivity index (χ4n) is 5.43. The van der Waals surface area contributed by atoms with Crippen LogP contribution in [0.15, 0.2) is 73.6 Å². The number of carbonyl (C=O) groups excluding carboxylic acids is 1. The number of pyridine rings is 2. The molecule has 7 rings (SSSR count). The zero-order valence-electron chi connectivity index (χ0n) is 24.9. The number of rotatable bonds is 11. The summed E-state index contributed by atoms with van der Waals surface area (Å²) >= 11 is 1.61. The number of halogens is 1. The number of amides is 2. The zero-order chi connectivity index (χ0) is 30.6. The molecule has 45 heavy (non-hydrogen) atoms. The Kier molecular flexibility index (Phi) is 8.67. The number of aromatic nitrogens is 4. The molecule has 1 saturated heterocycles. The predicted molar refractivity (Wildman–Crippen MR) is 173 cm³/mol. The van der Waals surface area contributed by atoms with Crippen LogP contribution >= 0.6 is 11.3 Å². The summed E-state index contributed by atoms with van der Waals surface area (Å²) in [5, 5.41) is 5.49. The molecule has 232 valence electrons. The first-order valence-electron chi connectivity index (χ1n) is 15.3. The highest BCUT2D eigenvalue weighted by atomic mass is 32.1. The lowest BCUT2D eigenvalue weighted by Crippen LogP contribution is -2.46. The quantitative estimate of drug-likeness (QED) is 0.203. The number of piperazine rings is 1. The van der Waals surface area contributed by atoms with Crippen molar-refractivity contribution in [3.63, 3.8) is 0 Å². The lowest BCUT2D eigenvalue weighted by atomic mass is 10.2. The third-order valence-electron chi connectivity index (χ3n) is 8.16. The van der Waals surface area contributed by atoms with Crippen LogP contribution in [-0.2, 0) is 19.7 Å². The number of anilines is 1. The lowest BCUT2D eigenvalue weighted by molar-refractivity contribution is 0.124. The molecular weight excluding hydrogens is 591 g/mol. The fourth-order valence-corrected chi connectivity index (χ4v) is 6.52. The molecule has 2 amide bonds. The summed E-state index contributed by atoms with van der Waals surface area (Å²) in [7, 11) is 0. The van der Waals surface area contributed by atoms with Gasteiger partial charge in [0.15, 0.2) is 11.6 Å². The standard InChI is InChI=1S/C33H35FN8O2S/c34-27-17-26(39-33(43)38-25-2-3-25)4-6-30(27)44-21-24-7-8-36-29-18-31(45-32(24)29)28-5-1-23(19-37-28)20-41-14-11-40(12-15-41)13-16-42-10-9-35-22-42/h1,4-10,17-19,22,25H,2-3,11-16,20-21H2,(H2,38,39,43). The SMILES string of the molecule is O=C(Nc1ccc(OCc2ccnc3cc(-c4ccc(CN5CCN(CCn6ccnc6)CC5)cn4)sc23)c(F)c1)NC1CC1. The summed E-state index contributed by atoms with van der Waals surface area (Å²) in [6.45, 7) is 7.31. The second-order valence-electron chi connectivity index (χ2n) is 11.6. The van der Waals surface area contributed by atoms with Crippen molar-refractivity contribution in [2.75, 3.05) is 38.0 Å². The highest BCUT2D eigenvalue weighted by Crippen LogP contribution is 2.34. The van der Waals surface area contributed by atoms with Crippen molar-refractivity contribution >= 4 is 33.3 Å². The largest absolute Gasteiger partial charge is 0.486 e. The number of carbonyl (C=O) groups is 1. The van der Waals surface area contributed by atoms with Gasteiger partial charge in [0.1, 0.15) is 6.61 Å². The monoisotopic (exact) mass is 626 g/mol. The number of ether oxygens (including phenoxy) is 1. The van der Waals surface area contributed by atoms with Gasteiger partial charge < -0.3 is 19.9 Å². The maximum atomic E-state index is 14.8. The molecule has 1 aromatic carbocycles. The average Bonchev–Trinajstić information content (AvgIpc) is 3.50. The van der Waals surface area contributed by atoms with Crippen LogP contribution in [0.5, 0.6) is 5.75 Å². The van der Waals surface area contributed by atoms with Gasteiger partial charge in [-0.05, 0) is 48.7 Å². The van der Waals surface area contributed by atoms with Crippen LogP contribution < -0.4 is 15.4 Å². The number of fused-ring (bicyclic) bond motifs is 1. The van der Waals surface area contributed by atoms with Crippen LogP contribution in [0.2, 0.25) is 0 Å². The first-order chi connectivity index (χ1) is 22.1. The molecule has 0 atom stereocenters. The molecule has 1 aliphatic carbocycles. The molecule has 1 saturated carbocycles. The molecule has 5 aromatic rings. The third-order valence-corrected chi connectivity index (χ3v) is 9.38. The van der Waals surface area contributed by atoms with Gasteiger partial charge >= 0.3 is 6.03 Å². The molecule has 2 fully saturated rings. The van der Waals surface area contributed by atoms with E-state index in [2.05, 4.69) is 47.1 Å². The number of thiophene rings is 1. The maximum absolute atomic E-state index is 14.8. The van der Waals surface area contributed by atoms with Gasteiger partial charge in [-0.15, -0.1) is 11.3 Å². The van der Waals surface area contributed by atoms with Gasteiger partial charge in [-0.25, -0.2) is 14.2 Å². The molecule has 5 heterocycles. The Labute approximate surface area is 264 Å². The molecule has 4 aromatic heterocycles. The van der Waals surface area contributed by atoms with E-state index in [0.717, 1.165) is 85.0 Å².